The average molecular weight is 672 g/mol. The highest BCUT2D eigenvalue weighted by molar-refractivity contribution is 8.00. The maximum absolute atomic E-state index is 14.9. The fourth-order valence-electron chi connectivity index (χ4n) is 4.20. The number of nitrogens with one attached hydrogen (secondary N) is 1. The maximum atomic E-state index is 14.9. The zero-order chi connectivity index (χ0) is 31.3. The minimum atomic E-state index is -5.72. The molecule has 43 heavy (non-hydrogen) atoms. The molecule has 3 aliphatic heterocycles. The molecule has 2 fully saturated rings. The summed E-state index contributed by atoms with van der Waals surface area (Å²) in [6, 6.07) is 0. The van der Waals surface area contributed by atoms with Gasteiger partial charge in [0.15, 0.2) is 30.1 Å². The van der Waals surface area contributed by atoms with Crippen molar-refractivity contribution in [3.8, 4) is 0 Å². The molecular formula is C18H23FN8O13P2S-2. The highest BCUT2D eigenvalue weighted by atomic mass is 32.2. The number of aromatic nitrogens is 4. The number of aliphatic hydroxyl groups excluding tert-OH is 3. The molecule has 5 rings (SSSR count). The monoisotopic (exact) mass is 672 g/mol. The number of carbonyl (C=O) groups excluding carboxylic acids is 1. The number of hydrazine groups is 1. The lowest BCUT2D eigenvalue weighted by molar-refractivity contribution is -0.246. The van der Waals surface area contributed by atoms with E-state index < -0.39 is 83.9 Å². The molecule has 3 aliphatic rings. The van der Waals surface area contributed by atoms with Gasteiger partial charge in [0.1, 0.15) is 48.1 Å². The number of nitrogens with two attached hydrogens (primary N) is 2. The summed E-state index contributed by atoms with van der Waals surface area (Å²) in [6.07, 6.45) is -11.1. The van der Waals surface area contributed by atoms with Crippen molar-refractivity contribution in [2.45, 2.75) is 49.1 Å². The van der Waals surface area contributed by atoms with Crippen molar-refractivity contribution in [2.24, 2.45) is 5.73 Å². The van der Waals surface area contributed by atoms with E-state index in [4.69, 9.17) is 20.9 Å². The molecule has 8 N–H and O–H groups in total. The molecule has 6 unspecified atom stereocenters. The van der Waals surface area contributed by atoms with Crippen LogP contribution in [0, 0.1) is 0 Å². The van der Waals surface area contributed by atoms with E-state index in [1.54, 1.807) is 0 Å². The van der Waals surface area contributed by atoms with Gasteiger partial charge in [-0.2, -0.15) is 0 Å². The Balaban J connectivity index is 1.13. The number of phosphoric ester groups is 2. The lowest BCUT2D eigenvalue weighted by Gasteiger charge is -2.32. The molecule has 21 nitrogen and oxygen atoms in total. The number of nitrogen functional groups attached to an aromatic ring is 1. The van der Waals surface area contributed by atoms with Crippen molar-refractivity contribution in [3.05, 3.63) is 23.8 Å². The summed E-state index contributed by atoms with van der Waals surface area (Å²) >= 11 is 0.852. The second-order valence-corrected chi connectivity index (χ2v) is 12.9. The lowest BCUT2D eigenvalue weighted by atomic mass is 10.1. The van der Waals surface area contributed by atoms with Gasteiger partial charge in [-0.15, -0.1) is 4.41 Å². The zero-order valence-electron chi connectivity index (χ0n) is 21.3. The molecule has 0 aromatic carbocycles. The number of amides is 1. The highest BCUT2D eigenvalue weighted by Crippen LogP contribution is 2.56. The van der Waals surface area contributed by atoms with Crippen LogP contribution in [0.25, 0.3) is 11.2 Å². The van der Waals surface area contributed by atoms with Crippen molar-refractivity contribution in [2.75, 3.05) is 18.9 Å². The van der Waals surface area contributed by atoms with Crippen LogP contribution < -0.4 is 26.7 Å². The van der Waals surface area contributed by atoms with Crippen LogP contribution in [0.15, 0.2) is 23.8 Å². The van der Waals surface area contributed by atoms with Gasteiger partial charge in [0.2, 0.25) is 0 Å². The predicted molar refractivity (Wildman–Crippen MR) is 133 cm³/mol. The van der Waals surface area contributed by atoms with E-state index in [1.807, 2.05) is 0 Å². The van der Waals surface area contributed by atoms with E-state index in [0.29, 0.717) is 0 Å². The van der Waals surface area contributed by atoms with Gasteiger partial charge < -0.3 is 60.5 Å². The van der Waals surface area contributed by atoms with Gasteiger partial charge in [-0.3, -0.25) is 18.5 Å². The molecule has 0 radical (unpaired) electrons. The number of fused-ring (bicyclic) bond motifs is 1. The summed E-state index contributed by atoms with van der Waals surface area (Å²) in [5, 5.41) is 32.0. The second kappa shape index (κ2) is 12.2. The number of imidazole rings is 1. The zero-order valence-corrected chi connectivity index (χ0v) is 23.9. The predicted octanol–water partition coefficient (Wildman–Crippen LogP) is -3.77. The minimum absolute atomic E-state index is 0.00464. The molecule has 5 heterocycles. The van der Waals surface area contributed by atoms with Crippen LogP contribution in [-0.4, -0.2) is 101 Å². The molecule has 10 atom stereocenters. The van der Waals surface area contributed by atoms with Gasteiger partial charge in [-0.25, -0.2) is 23.7 Å². The Morgan fingerprint density at radius 1 is 1.07 bits per heavy atom. The average Bonchev–Trinajstić information content (AvgIpc) is 3.70. The number of phosphoric acid groups is 2. The standard InChI is InChI=1S/C18H25FN8O13P2S/c19-9-11(28)7(38-17(9)26-5-24-10-14(20)22-4-23-16(10)26)1-36-41(32,33)40-42(34,35)37-2-8-12(29)13(30)18(39-8)27-25-6(3-43-27)15(21)31/h3-5,7-9,11-13,17-18,25,28-30H,1-2H2,(H2,21,31)(H,32,33)(H,34,35)(H2,20,22,23)/p-2/t7?,8-,9?,11?,12-,13-,17?,18-/m1/s1. The van der Waals surface area contributed by atoms with E-state index in [0.717, 1.165) is 33.6 Å². The molecule has 0 saturated carbocycles. The van der Waals surface area contributed by atoms with Gasteiger partial charge in [0.05, 0.1) is 19.5 Å². The topological polar surface area (TPSA) is 315 Å². The van der Waals surface area contributed by atoms with E-state index in [-0.39, 0.29) is 22.7 Å². The van der Waals surface area contributed by atoms with Gasteiger partial charge in [0, 0.05) is 5.41 Å². The molecule has 0 aliphatic carbocycles. The Labute approximate surface area is 243 Å². The summed E-state index contributed by atoms with van der Waals surface area (Å²) < 4.78 is 65.2. The van der Waals surface area contributed by atoms with E-state index in [2.05, 4.69) is 33.7 Å². The molecular weight excluding hydrogens is 649 g/mol. The van der Waals surface area contributed by atoms with Gasteiger partial charge in [-0.1, -0.05) is 0 Å². The van der Waals surface area contributed by atoms with E-state index >= 15 is 0 Å². The number of hydrogen-bond donors (Lipinski definition) is 6. The van der Waals surface area contributed by atoms with Gasteiger partial charge in [-0.05, 0) is 11.9 Å². The lowest BCUT2D eigenvalue weighted by Crippen LogP contribution is -2.46. The Kier molecular flexibility index (Phi) is 9.11. The molecule has 2 aromatic rings. The first-order chi connectivity index (χ1) is 20.2. The SMILES string of the molecule is NC(=O)C1=CSN([C@@H]2O[C@H](COP(=O)([O-])OP(=O)([O-])OCC3OC(n4cnc5c(N)ncnc54)C(F)C3O)[C@@H](O)[C@H]2O)N1. The molecule has 0 bridgehead atoms. The number of aliphatic hydroxyl groups is 3. The fourth-order valence-corrected chi connectivity index (χ4v) is 7.05. The number of halogens is 1. The van der Waals surface area contributed by atoms with Crippen LogP contribution in [0.4, 0.5) is 10.2 Å². The van der Waals surface area contributed by atoms with E-state index in [1.165, 1.54) is 5.41 Å². The van der Waals surface area contributed by atoms with Gasteiger partial charge >= 0.3 is 0 Å². The normalized spacial score (nSPS) is 34.1. The van der Waals surface area contributed by atoms with Gasteiger partial charge in [0.25, 0.3) is 21.6 Å². The maximum Gasteiger partial charge on any atom is 0.274 e. The number of rotatable bonds is 11. The number of ether oxygens (including phenoxy) is 2. The Bertz CT molecular complexity index is 1510. The van der Waals surface area contributed by atoms with Crippen molar-refractivity contribution < 1.29 is 66.3 Å². The number of nitrogens with zero attached hydrogens (tertiary/aromatic N) is 5. The van der Waals surface area contributed by atoms with Crippen molar-refractivity contribution in [1.29, 1.82) is 0 Å². The molecule has 25 heteroatoms. The Hall–Kier alpha value is -2.34. The number of hydrogen-bond acceptors (Lipinski definition) is 20. The quantitative estimate of drug-likeness (QED) is 0.0985. The molecule has 238 valence electrons. The molecule has 2 saturated heterocycles. The molecule has 1 amide bonds. The summed E-state index contributed by atoms with van der Waals surface area (Å²) in [6.45, 7) is -2.07. The van der Waals surface area contributed by atoms with Crippen molar-refractivity contribution in [3.63, 3.8) is 0 Å². The third kappa shape index (κ3) is 6.70. The summed E-state index contributed by atoms with van der Waals surface area (Å²) in [5.74, 6) is -0.822. The van der Waals surface area contributed by atoms with E-state index in [9.17, 15) is 43.4 Å². The first-order valence-corrected chi connectivity index (χ1v) is 15.7. The third-order valence-corrected chi connectivity index (χ3v) is 9.70. The van der Waals surface area contributed by atoms with Crippen LogP contribution in [0.5, 0.6) is 0 Å². The Morgan fingerprint density at radius 2 is 1.70 bits per heavy atom. The largest absolute Gasteiger partial charge is 0.756 e. The first-order valence-electron chi connectivity index (χ1n) is 11.9. The number of primary amides is 1. The summed E-state index contributed by atoms with van der Waals surface area (Å²) in [4.78, 5) is 47.3. The highest BCUT2D eigenvalue weighted by Gasteiger charge is 2.48. The number of alkyl halides is 1. The number of carbonyl (C=O) groups is 1. The Morgan fingerprint density at radius 3 is 2.33 bits per heavy atom. The van der Waals surface area contributed by atoms with Crippen LogP contribution in [0.3, 0.4) is 0 Å². The third-order valence-electron chi connectivity index (χ3n) is 6.30. The molecule has 2 aromatic heterocycles. The van der Waals surface area contributed by atoms with Crippen molar-refractivity contribution in [1.82, 2.24) is 29.4 Å². The summed E-state index contributed by atoms with van der Waals surface area (Å²) in [5.41, 5.74) is 13.5. The molecule has 0 spiro atoms. The van der Waals surface area contributed by atoms with Crippen molar-refractivity contribution >= 4 is 50.5 Å². The van der Waals surface area contributed by atoms with Crippen LogP contribution in [-0.2, 0) is 36.8 Å². The summed E-state index contributed by atoms with van der Waals surface area (Å²) in [7, 11) is -11.4. The second-order valence-electron chi connectivity index (χ2n) is 9.14. The first kappa shape index (κ1) is 32.1. The smallest absolute Gasteiger partial charge is 0.274 e. The minimum Gasteiger partial charge on any atom is -0.756 e. The van der Waals surface area contributed by atoms with Crippen LogP contribution in [0.2, 0.25) is 0 Å². The van der Waals surface area contributed by atoms with Crippen LogP contribution >= 0.6 is 27.6 Å². The fraction of sp³-hybridized carbons (Fsp3) is 0.556. The van der Waals surface area contributed by atoms with Crippen LogP contribution in [0.1, 0.15) is 6.23 Å². The number of anilines is 1.